The minimum Gasteiger partial charge on any atom is -0.377 e. The molecule has 4 aliphatic carbocycles. The van der Waals surface area contributed by atoms with Crippen molar-refractivity contribution < 1.29 is 19.4 Å². The van der Waals surface area contributed by atoms with E-state index in [4.69, 9.17) is 9.47 Å². The molecule has 2 saturated carbocycles. The summed E-state index contributed by atoms with van der Waals surface area (Å²) in [6.45, 7) is 5.40. The molecule has 5 aliphatic rings. The molecule has 1 saturated heterocycles. The number of fused-ring (bicyclic) bond motifs is 4. The molecule has 6 rings (SSSR count). The highest BCUT2D eigenvalue weighted by Crippen LogP contribution is 2.66. The molecule has 4 nitrogen and oxygen atoms in total. The quantitative estimate of drug-likeness (QED) is 0.604. The molecule has 1 aromatic carbocycles. The average Bonchev–Trinajstić information content (AvgIpc) is 3.46. The highest BCUT2D eigenvalue weighted by atomic mass is 16.7. The van der Waals surface area contributed by atoms with Crippen LogP contribution in [0.4, 0.5) is 0 Å². The third kappa shape index (κ3) is 3.28. The van der Waals surface area contributed by atoms with E-state index in [2.05, 4.69) is 43.0 Å². The van der Waals surface area contributed by atoms with Crippen LogP contribution in [0.25, 0.3) is 0 Å². The molecule has 3 fully saturated rings. The van der Waals surface area contributed by atoms with Crippen molar-refractivity contribution in [3.8, 4) is 11.8 Å². The number of benzene rings is 1. The van der Waals surface area contributed by atoms with Gasteiger partial charge >= 0.3 is 0 Å². The number of ether oxygens (including phenoxy) is 2. The Labute approximate surface area is 202 Å². The first-order valence-corrected chi connectivity index (χ1v) is 12.9. The Morgan fingerprint density at radius 3 is 2.50 bits per heavy atom. The van der Waals surface area contributed by atoms with E-state index in [0.29, 0.717) is 31.5 Å². The molecule has 0 aromatic heterocycles. The van der Waals surface area contributed by atoms with Crippen LogP contribution in [0.5, 0.6) is 0 Å². The summed E-state index contributed by atoms with van der Waals surface area (Å²) in [7, 11) is 0. The zero-order chi connectivity index (χ0) is 23.5. The van der Waals surface area contributed by atoms with Crippen LogP contribution in [-0.2, 0) is 14.3 Å². The van der Waals surface area contributed by atoms with Gasteiger partial charge in [0.15, 0.2) is 12.1 Å². The van der Waals surface area contributed by atoms with Gasteiger partial charge in [-0.1, -0.05) is 42.7 Å². The highest BCUT2D eigenvalue weighted by Gasteiger charge is 2.62. The Morgan fingerprint density at radius 1 is 1.03 bits per heavy atom. The van der Waals surface area contributed by atoms with Crippen molar-refractivity contribution in [3.05, 3.63) is 58.2 Å². The minimum absolute atomic E-state index is 0.223. The van der Waals surface area contributed by atoms with E-state index in [1.165, 1.54) is 16.7 Å². The Kier molecular flexibility index (Phi) is 5.37. The van der Waals surface area contributed by atoms with Gasteiger partial charge in [-0.15, -0.1) is 5.92 Å². The zero-order valence-electron chi connectivity index (χ0n) is 20.2. The second kappa shape index (κ2) is 8.19. The van der Waals surface area contributed by atoms with Crippen molar-refractivity contribution in [1.82, 2.24) is 0 Å². The topological polar surface area (TPSA) is 55.8 Å². The van der Waals surface area contributed by atoms with Crippen molar-refractivity contribution in [2.45, 2.75) is 76.6 Å². The summed E-state index contributed by atoms with van der Waals surface area (Å²) >= 11 is 0. The van der Waals surface area contributed by atoms with Gasteiger partial charge in [0, 0.05) is 23.3 Å². The number of allylic oxidation sites excluding steroid dienone is 4. The molecular weight excluding hydrogens is 424 g/mol. The predicted octanol–water partition coefficient (Wildman–Crippen LogP) is 5.39. The first-order chi connectivity index (χ1) is 16.4. The van der Waals surface area contributed by atoms with Gasteiger partial charge in [0.25, 0.3) is 0 Å². The van der Waals surface area contributed by atoms with Crippen molar-refractivity contribution in [2.24, 2.45) is 17.3 Å². The number of rotatable bonds is 2. The molecule has 1 heterocycles. The number of ketones is 1. The SMILES string of the molecule is CC#C[C@]1(O)CC[C@H]2[C@@H]3CCC4=CC(=O)CCC4=C3[C@@H](c3ccc(C4OCCO4)cc3)C[C@@]21C. The maximum absolute atomic E-state index is 12.2. The molecule has 0 bridgehead atoms. The van der Waals surface area contributed by atoms with Gasteiger partial charge in [0.2, 0.25) is 0 Å². The summed E-state index contributed by atoms with van der Waals surface area (Å²) in [5.41, 5.74) is 5.39. The summed E-state index contributed by atoms with van der Waals surface area (Å²) < 4.78 is 11.4. The van der Waals surface area contributed by atoms with Gasteiger partial charge in [-0.05, 0) is 80.1 Å². The summed E-state index contributed by atoms with van der Waals surface area (Å²) in [6.07, 6.45) is 7.80. The van der Waals surface area contributed by atoms with E-state index in [-0.39, 0.29) is 23.4 Å². The smallest absolute Gasteiger partial charge is 0.184 e. The predicted molar refractivity (Wildman–Crippen MR) is 130 cm³/mol. The monoisotopic (exact) mass is 458 g/mol. The van der Waals surface area contributed by atoms with E-state index in [0.717, 1.165) is 44.1 Å². The third-order valence-corrected chi connectivity index (χ3v) is 9.45. The second-order valence-corrected chi connectivity index (χ2v) is 11.0. The van der Waals surface area contributed by atoms with E-state index >= 15 is 0 Å². The first-order valence-electron chi connectivity index (χ1n) is 12.9. The minimum atomic E-state index is -0.940. The molecule has 0 amide bonds. The second-order valence-electron chi connectivity index (χ2n) is 11.0. The van der Waals surface area contributed by atoms with Gasteiger partial charge in [-0.3, -0.25) is 4.79 Å². The highest BCUT2D eigenvalue weighted by molar-refractivity contribution is 5.93. The van der Waals surface area contributed by atoms with Crippen LogP contribution in [0.3, 0.4) is 0 Å². The maximum atomic E-state index is 12.2. The summed E-state index contributed by atoms with van der Waals surface area (Å²) in [5.74, 6) is 7.63. The normalized spacial score (nSPS) is 37.4. The van der Waals surface area contributed by atoms with Gasteiger partial charge in [0.05, 0.1) is 13.2 Å². The summed E-state index contributed by atoms with van der Waals surface area (Å²) in [4.78, 5) is 12.2. The largest absolute Gasteiger partial charge is 0.377 e. The third-order valence-electron chi connectivity index (χ3n) is 9.45. The Balaban J connectivity index is 1.46. The molecule has 0 spiro atoms. The maximum Gasteiger partial charge on any atom is 0.184 e. The number of aliphatic hydroxyl groups is 1. The summed E-state index contributed by atoms with van der Waals surface area (Å²) in [5, 5.41) is 11.8. The van der Waals surface area contributed by atoms with Crippen LogP contribution in [-0.4, -0.2) is 29.7 Å². The average molecular weight is 459 g/mol. The van der Waals surface area contributed by atoms with Gasteiger partial charge in [-0.2, -0.15) is 0 Å². The number of hydrogen-bond acceptors (Lipinski definition) is 4. The molecule has 4 heteroatoms. The van der Waals surface area contributed by atoms with Crippen molar-refractivity contribution in [3.63, 3.8) is 0 Å². The van der Waals surface area contributed by atoms with Gasteiger partial charge in [-0.25, -0.2) is 0 Å². The molecule has 0 radical (unpaired) electrons. The zero-order valence-corrected chi connectivity index (χ0v) is 20.2. The summed E-state index contributed by atoms with van der Waals surface area (Å²) in [6, 6.07) is 8.73. The van der Waals surface area contributed by atoms with E-state index in [1.807, 2.05) is 13.0 Å². The standard InChI is InChI=1S/C30H34O4/c1-3-13-30(32)14-12-26-24-10-8-21-17-22(31)9-11-23(21)27(24)25(18-29(26,30)2)19-4-6-20(7-5-19)28-33-15-16-34-28/h4-7,17,24-26,28,32H,8-12,14-16,18H2,1-2H3/t24-,25+,26-,29-,30-/m0/s1. The first kappa shape index (κ1) is 22.3. The number of carbonyl (C=O) groups is 1. The molecule has 1 aromatic rings. The fraction of sp³-hybridized carbons (Fsp3) is 0.567. The molecule has 0 unspecified atom stereocenters. The van der Waals surface area contributed by atoms with E-state index in [1.54, 1.807) is 5.57 Å². The van der Waals surface area contributed by atoms with Gasteiger partial charge < -0.3 is 14.6 Å². The Hall–Kier alpha value is -2.19. The lowest BCUT2D eigenvalue weighted by atomic mass is 9.51. The molecule has 1 aliphatic heterocycles. The van der Waals surface area contributed by atoms with Crippen molar-refractivity contribution in [2.75, 3.05) is 13.2 Å². The van der Waals surface area contributed by atoms with Crippen LogP contribution in [0, 0.1) is 29.1 Å². The Bertz CT molecular complexity index is 1130. The lowest BCUT2D eigenvalue weighted by molar-refractivity contribution is -0.114. The molecule has 178 valence electrons. The Morgan fingerprint density at radius 2 is 1.76 bits per heavy atom. The van der Waals surface area contributed by atoms with E-state index in [9.17, 15) is 9.90 Å². The van der Waals surface area contributed by atoms with Crippen LogP contribution in [0.2, 0.25) is 0 Å². The van der Waals surface area contributed by atoms with Crippen molar-refractivity contribution in [1.29, 1.82) is 0 Å². The number of carbonyl (C=O) groups excluding carboxylic acids is 1. The fourth-order valence-electron chi connectivity index (χ4n) is 7.81. The molecular formula is C30H34O4. The van der Waals surface area contributed by atoms with Crippen LogP contribution >= 0.6 is 0 Å². The van der Waals surface area contributed by atoms with Crippen LogP contribution in [0.15, 0.2) is 47.1 Å². The lowest BCUT2D eigenvalue weighted by Gasteiger charge is -2.53. The van der Waals surface area contributed by atoms with Gasteiger partial charge in [0.1, 0.15) is 5.60 Å². The van der Waals surface area contributed by atoms with Crippen LogP contribution in [0.1, 0.15) is 82.1 Å². The molecule has 34 heavy (non-hydrogen) atoms. The fourth-order valence-corrected chi connectivity index (χ4v) is 7.81. The van der Waals surface area contributed by atoms with Crippen LogP contribution < -0.4 is 0 Å². The van der Waals surface area contributed by atoms with Crippen molar-refractivity contribution >= 4 is 5.78 Å². The lowest BCUT2D eigenvalue weighted by Crippen LogP contribution is -2.51. The number of hydrogen-bond donors (Lipinski definition) is 1. The molecule has 1 N–H and O–H groups in total. The molecule has 5 atom stereocenters. The van der Waals surface area contributed by atoms with E-state index < -0.39 is 5.60 Å².